The third-order valence-electron chi connectivity index (χ3n) is 5.41. The molecule has 0 aromatic heterocycles. The van der Waals surface area contributed by atoms with Gasteiger partial charge in [-0.25, -0.2) is 4.39 Å². The van der Waals surface area contributed by atoms with Crippen molar-refractivity contribution in [2.24, 2.45) is 0 Å². The summed E-state index contributed by atoms with van der Waals surface area (Å²) in [5.41, 5.74) is 0.0307. The van der Waals surface area contributed by atoms with Crippen molar-refractivity contribution in [3.8, 4) is 0 Å². The predicted molar refractivity (Wildman–Crippen MR) is 97.4 cm³/mol. The number of hydrogen-bond acceptors (Lipinski definition) is 3. The SMILES string of the molecule is CN(C1CCCCC1)S(=O)(=O)N1CCN(C(=O)c2ccccc2F)CC1. The highest BCUT2D eigenvalue weighted by molar-refractivity contribution is 7.86. The van der Waals surface area contributed by atoms with Gasteiger partial charge in [-0.2, -0.15) is 17.0 Å². The third kappa shape index (κ3) is 3.92. The zero-order valence-electron chi connectivity index (χ0n) is 15.1. The molecular weight excluding hydrogens is 357 g/mol. The Kier molecular flexibility index (Phi) is 5.94. The van der Waals surface area contributed by atoms with Crippen LogP contribution in [0, 0.1) is 5.82 Å². The number of rotatable bonds is 4. The number of amides is 1. The molecule has 0 atom stereocenters. The second kappa shape index (κ2) is 8.02. The van der Waals surface area contributed by atoms with Crippen molar-refractivity contribution >= 4 is 16.1 Å². The van der Waals surface area contributed by atoms with Gasteiger partial charge in [0.2, 0.25) is 0 Å². The van der Waals surface area contributed by atoms with Gasteiger partial charge in [0.25, 0.3) is 16.1 Å². The zero-order chi connectivity index (χ0) is 18.7. The van der Waals surface area contributed by atoms with Crippen molar-refractivity contribution in [3.63, 3.8) is 0 Å². The number of nitrogens with zero attached hydrogens (tertiary/aromatic N) is 3. The molecule has 0 unspecified atom stereocenters. The molecule has 1 aromatic carbocycles. The smallest absolute Gasteiger partial charge is 0.282 e. The van der Waals surface area contributed by atoms with E-state index in [1.54, 1.807) is 13.1 Å². The van der Waals surface area contributed by atoms with E-state index in [1.165, 1.54) is 38.1 Å². The fourth-order valence-electron chi connectivity index (χ4n) is 3.74. The van der Waals surface area contributed by atoms with Crippen LogP contribution >= 0.6 is 0 Å². The normalized spacial score (nSPS) is 20.5. The van der Waals surface area contributed by atoms with Crippen LogP contribution in [0.3, 0.4) is 0 Å². The van der Waals surface area contributed by atoms with E-state index in [4.69, 9.17) is 0 Å². The van der Waals surface area contributed by atoms with Gasteiger partial charge in [0, 0.05) is 39.3 Å². The molecule has 3 rings (SSSR count). The summed E-state index contributed by atoms with van der Waals surface area (Å²) in [5.74, 6) is -0.939. The molecule has 0 bridgehead atoms. The lowest BCUT2D eigenvalue weighted by atomic mass is 9.96. The van der Waals surface area contributed by atoms with Gasteiger partial charge >= 0.3 is 0 Å². The molecule has 144 valence electrons. The molecule has 26 heavy (non-hydrogen) atoms. The fourth-order valence-corrected chi connectivity index (χ4v) is 5.32. The van der Waals surface area contributed by atoms with E-state index in [1.807, 2.05) is 0 Å². The largest absolute Gasteiger partial charge is 0.336 e. The average molecular weight is 383 g/mol. The van der Waals surface area contributed by atoms with Crippen LogP contribution in [0.1, 0.15) is 42.5 Å². The summed E-state index contributed by atoms with van der Waals surface area (Å²) in [5, 5.41) is 0. The number of hydrogen-bond donors (Lipinski definition) is 0. The standard InChI is InChI=1S/C18H26FN3O3S/c1-20(15-7-3-2-4-8-15)26(24,25)22-13-11-21(12-14-22)18(23)16-9-5-6-10-17(16)19/h5-6,9-10,15H,2-4,7-8,11-14H2,1H3. The molecule has 1 saturated carbocycles. The van der Waals surface area contributed by atoms with E-state index in [0.717, 1.165) is 25.7 Å². The molecule has 1 heterocycles. The molecule has 1 aromatic rings. The summed E-state index contributed by atoms with van der Waals surface area (Å²) in [6.45, 7) is 1.01. The summed E-state index contributed by atoms with van der Waals surface area (Å²) in [7, 11) is -1.87. The van der Waals surface area contributed by atoms with E-state index in [9.17, 15) is 17.6 Å². The van der Waals surface area contributed by atoms with Crippen LogP contribution in [0.5, 0.6) is 0 Å². The second-order valence-electron chi connectivity index (χ2n) is 6.99. The van der Waals surface area contributed by atoms with Crippen LogP contribution in [0.15, 0.2) is 24.3 Å². The highest BCUT2D eigenvalue weighted by atomic mass is 32.2. The van der Waals surface area contributed by atoms with Crippen LogP contribution in [0.2, 0.25) is 0 Å². The molecule has 0 spiro atoms. The molecular formula is C18H26FN3O3S. The van der Waals surface area contributed by atoms with E-state index in [2.05, 4.69) is 0 Å². The highest BCUT2D eigenvalue weighted by Crippen LogP contribution is 2.25. The Morgan fingerprint density at radius 2 is 1.69 bits per heavy atom. The van der Waals surface area contributed by atoms with E-state index < -0.39 is 16.0 Å². The lowest BCUT2D eigenvalue weighted by Crippen LogP contribution is -2.55. The monoisotopic (exact) mass is 383 g/mol. The van der Waals surface area contributed by atoms with E-state index >= 15 is 0 Å². The molecule has 1 aliphatic heterocycles. The summed E-state index contributed by atoms with van der Waals surface area (Å²) in [4.78, 5) is 14.0. The van der Waals surface area contributed by atoms with Gasteiger partial charge < -0.3 is 4.90 Å². The predicted octanol–water partition coefficient (Wildman–Crippen LogP) is 2.09. The fraction of sp³-hybridized carbons (Fsp3) is 0.611. The average Bonchev–Trinajstić information content (AvgIpc) is 2.68. The van der Waals surface area contributed by atoms with Gasteiger partial charge in [-0.1, -0.05) is 31.4 Å². The minimum absolute atomic E-state index is 0.0307. The molecule has 6 nitrogen and oxygen atoms in total. The van der Waals surface area contributed by atoms with Crippen LogP contribution in [-0.4, -0.2) is 67.1 Å². The topological polar surface area (TPSA) is 60.9 Å². The van der Waals surface area contributed by atoms with Crippen LogP contribution in [0.25, 0.3) is 0 Å². The molecule has 1 saturated heterocycles. The molecule has 2 aliphatic rings. The van der Waals surface area contributed by atoms with Crippen molar-refractivity contribution in [2.75, 3.05) is 33.2 Å². The minimum atomic E-state index is -3.53. The van der Waals surface area contributed by atoms with Gasteiger partial charge in [0.05, 0.1) is 5.56 Å². The van der Waals surface area contributed by atoms with E-state index in [0.29, 0.717) is 0 Å². The lowest BCUT2D eigenvalue weighted by molar-refractivity contribution is 0.0688. The zero-order valence-corrected chi connectivity index (χ0v) is 15.9. The Hall–Kier alpha value is -1.51. The summed E-state index contributed by atoms with van der Waals surface area (Å²) in [6.07, 6.45) is 5.11. The summed E-state index contributed by atoms with van der Waals surface area (Å²) >= 11 is 0. The van der Waals surface area contributed by atoms with Crippen LogP contribution in [-0.2, 0) is 10.2 Å². The third-order valence-corrected chi connectivity index (χ3v) is 7.45. The summed E-state index contributed by atoms with van der Waals surface area (Å²) < 4.78 is 42.5. The van der Waals surface area contributed by atoms with Gasteiger partial charge in [-0.15, -0.1) is 0 Å². The van der Waals surface area contributed by atoms with Gasteiger partial charge in [0.1, 0.15) is 5.82 Å². The Morgan fingerprint density at radius 1 is 1.08 bits per heavy atom. The maximum absolute atomic E-state index is 13.8. The number of benzene rings is 1. The molecule has 0 N–H and O–H groups in total. The number of piperazine rings is 1. The Morgan fingerprint density at radius 3 is 2.31 bits per heavy atom. The van der Waals surface area contributed by atoms with Gasteiger partial charge in [-0.05, 0) is 25.0 Å². The molecule has 0 radical (unpaired) electrons. The molecule has 8 heteroatoms. The first-order valence-electron chi connectivity index (χ1n) is 9.18. The van der Waals surface area contributed by atoms with Gasteiger partial charge in [-0.3, -0.25) is 4.79 Å². The Labute approximate surface area is 154 Å². The van der Waals surface area contributed by atoms with Crippen molar-refractivity contribution in [2.45, 2.75) is 38.1 Å². The van der Waals surface area contributed by atoms with Crippen molar-refractivity contribution in [1.82, 2.24) is 13.5 Å². The Balaban J connectivity index is 1.62. The number of carbonyl (C=O) groups is 1. The van der Waals surface area contributed by atoms with Crippen LogP contribution < -0.4 is 0 Å². The molecule has 2 fully saturated rings. The number of carbonyl (C=O) groups excluding carboxylic acids is 1. The van der Waals surface area contributed by atoms with Crippen LogP contribution in [0.4, 0.5) is 4.39 Å². The first-order chi connectivity index (χ1) is 12.4. The maximum Gasteiger partial charge on any atom is 0.282 e. The lowest BCUT2D eigenvalue weighted by Gasteiger charge is -2.38. The van der Waals surface area contributed by atoms with Crippen molar-refractivity contribution in [3.05, 3.63) is 35.6 Å². The van der Waals surface area contributed by atoms with Crippen molar-refractivity contribution in [1.29, 1.82) is 0 Å². The minimum Gasteiger partial charge on any atom is -0.336 e. The second-order valence-corrected chi connectivity index (χ2v) is 8.97. The summed E-state index contributed by atoms with van der Waals surface area (Å²) in [6, 6.07) is 5.94. The first kappa shape index (κ1) is 19.3. The maximum atomic E-state index is 13.8. The highest BCUT2D eigenvalue weighted by Gasteiger charge is 2.35. The van der Waals surface area contributed by atoms with E-state index in [-0.39, 0.29) is 43.7 Å². The first-order valence-corrected chi connectivity index (χ1v) is 10.6. The quantitative estimate of drug-likeness (QED) is 0.800. The Bertz CT molecular complexity index is 742. The molecule has 1 aliphatic carbocycles. The van der Waals surface area contributed by atoms with Crippen molar-refractivity contribution < 1.29 is 17.6 Å². The van der Waals surface area contributed by atoms with Gasteiger partial charge in [0.15, 0.2) is 0 Å². The number of halogens is 1. The molecule has 1 amide bonds.